The van der Waals surface area contributed by atoms with Crippen LogP contribution in [0.3, 0.4) is 0 Å². The Bertz CT molecular complexity index is 438. The molecule has 0 amide bonds. The average molecular weight is 234 g/mol. The molecule has 0 unspecified atom stereocenters. The van der Waals surface area contributed by atoms with E-state index >= 15 is 0 Å². The first kappa shape index (κ1) is 11.0. The number of nitriles is 1. The highest BCUT2D eigenvalue weighted by Crippen LogP contribution is 2.32. The highest BCUT2D eigenvalue weighted by molar-refractivity contribution is 7.99. The van der Waals surface area contributed by atoms with Crippen molar-refractivity contribution in [3.8, 4) is 6.07 Å². The molecule has 2 rings (SSSR count). The molecule has 1 heterocycles. The summed E-state index contributed by atoms with van der Waals surface area (Å²) in [6.45, 7) is 0. The summed E-state index contributed by atoms with van der Waals surface area (Å²) in [7, 11) is 0. The first-order valence-corrected chi connectivity index (χ1v) is 5.86. The number of nitrogens with one attached hydrogen (secondary N) is 1. The largest absolute Gasteiger partial charge is 0.480 e. The molecule has 1 aromatic rings. The van der Waals surface area contributed by atoms with E-state index in [1.54, 1.807) is 23.9 Å². The second kappa shape index (κ2) is 4.56. The van der Waals surface area contributed by atoms with Gasteiger partial charge < -0.3 is 5.11 Å². The van der Waals surface area contributed by atoms with Crippen LogP contribution >= 0.6 is 11.8 Å². The fourth-order valence-corrected chi connectivity index (χ4v) is 2.77. The number of thioether (sulfide) groups is 1. The van der Waals surface area contributed by atoms with Gasteiger partial charge in [-0.2, -0.15) is 5.26 Å². The van der Waals surface area contributed by atoms with Crippen LogP contribution in [0.4, 0.5) is 0 Å². The molecule has 2 atom stereocenters. The number of carboxylic acids is 1. The smallest absolute Gasteiger partial charge is 0.321 e. The van der Waals surface area contributed by atoms with E-state index in [0.29, 0.717) is 11.3 Å². The van der Waals surface area contributed by atoms with E-state index in [2.05, 4.69) is 11.4 Å². The predicted molar refractivity (Wildman–Crippen MR) is 60.9 cm³/mol. The summed E-state index contributed by atoms with van der Waals surface area (Å²) in [6, 6.07) is 8.76. The number of carboxylic acid groups (broad SMARTS) is 1. The lowest BCUT2D eigenvalue weighted by Gasteiger charge is -2.10. The summed E-state index contributed by atoms with van der Waals surface area (Å²) in [6.07, 6.45) is 0. The zero-order valence-electron chi connectivity index (χ0n) is 8.38. The Labute approximate surface area is 97.3 Å². The van der Waals surface area contributed by atoms with E-state index in [4.69, 9.17) is 10.4 Å². The standard InChI is InChI=1S/C11H10N2O2S/c12-5-7-1-3-8(4-2-7)10-13-9(6-16-10)11(14)15/h1-4,9-10,13H,6H2,(H,14,15)/t9-,10-/m0/s1. The van der Waals surface area contributed by atoms with Crippen LogP contribution in [0, 0.1) is 11.3 Å². The summed E-state index contributed by atoms with van der Waals surface area (Å²) >= 11 is 1.57. The van der Waals surface area contributed by atoms with E-state index in [0.717, 1.165) is 5.56 Å². The molecule has 0 spiro atoms. The van der Waals surface area contributed by atoms with Crippen molar-refractivity contribution in [2.24, 2.45) is 0 Å². The van der Waals surface area contributed by atoms with Gasteiger partial charge in [0.25, 0.3) is 0 Å². The lowest BCUT2D eigenvalue weighted by atomic mass is 10.1. The van der Waals surface area contributed by atoms with E-state index in [1.807, 2.05) is 12.1 Å². The van der Waals surface area contributed by atoms with Gasteiger partial charge in [-0.1, -0.05) is 12.1 Å². The molecule has 0 aromatic heterocycles. The Morgan fingerprint density at radius 2 is 2.19 bits per heavy atom. The molecule has 82 valence electrons. The molecule has 0 aliphatic carbocycles. The van der Waals surface area contributed by atoms with Crippen molar-refractivity contribution in [1.82, 2.24) is 5.32 Å². The maximum Gasteiger partial charge on any atom is 0.321 e. The van der Waals surface area contributed by atoms with Gasteiger partial charge in [-0.15, -0.1) is 11.8 Å². The number of nitrogens with zero attached hydrogens (tertiary/aromatic N) is 1. The molecule has 1 aliphatic rings. The van der Waals surface area contributed by atoms with Crippen LogP contribution < -0.4 is 5.32 Å². The Morgan fingerprint density at radius 3 is 2.69 bits per heavy atom. The highest BCUT2D eigenvalue weighted by atomic mass is 32.2. The fraction of sp³-hybridized carbons (Fsp3) is 0.273. The van der Waals surface area contributed by atoms with Crippen LogP contribution in [0.1, 0.15) is 16.5 Å². The van der Waals surface area contributed by atoms with Crippen LogP contribution in [-0.2, 0) is 4.79 Å². The monoisotopic (exact) mass is 234 g/mol. The molecule has 1 saturated heterocycles. The van der Waals surface area contributed by atoms with Gasteiger partial charge in [0.15, 0.2) is 0 Å². The van der Waals surface area contributed by atoms with Crippen molar-refractivity contribution in [2.75, 3.05) is 5.75 Å². The SMILES string of the molecule is N#Cc1ccc([C@H]2N[C@H](C(=O)O)CS2)cc1. The molecular formula is C11H10N2O2S. The third-order valence-electron chi connectivity index (χ3n) is 2.42. The van der Waals surface area contributed by atoms with Crippen molar-refractivity contribution in [1.29, 1.82) is 5.26 Å². The van der Waals surface area contributed by atoms with Gasteiger partial charge in [-0.3, -0.25) is 10.1 Å². The molecule has 16 heavy (non-hydrogen) atoms. The van der Waals surface area contributed by atoms with Crippen LogP contribution in [-0.4, -0.2) is 22.9 Å². The molecule has 1 fully saturated rings. The second-order valence-corrected chi connectivity index (χ2v) is 4.64. The third kappa shape index (κ3) is 2.18. The zero-order valence-corrected chi connectivity index (χ0v) is 9.20. The van der Waals surface area contributed by atoms with Crippen LogP contribution in [0.5, 0.6) is 0 Å². The Morgan fingerprint density at radius 1 is 1.50 bits per heavy atom. The van der Waals surface area contributed by atoms with E-state index in [1.165, 1.54) is 0 Å². The van der Waals surface area contributed by atoms with E-state index in [-0.39, 0.29) is 5.37 Å². The van der Waals surface area contributed by atoms with Gasteiger partial charge >= 0.3 is 5.97 Å². The minimum atomic E-state index is -0.816. The number of rotatable bonds is 2. The summed E-state index contributed by atoms with van der Waals surface area (Å²) in [5, 5.41) is 20.5. The van der Waals surface area contributed by atoms with Crippen LogP contribution in [0.15, 0.2) is 24.3 Å². The summed E-state index contributed by atoms with van der Waals surface area (Å²) < 4.78 is 0. The van der Waals surface area contributed by atoms with Gasteiger partial charge in [0.05, 0.1) is 17.0 Å². The molecular weight excluding hydrogens is 224 g/mol. The number of hydrogen-bond acceptors (Lipinski definition) is 4. The average Bonchev–Trinajstić information content (AvgIpc) is 2.78. The number of carbonyl (C=O) groups is 1. The Kier molecular flexibility index (Phi) is 3.13. The van der Waals surface area contributed by atoms with Gasteiger partial charge in [0.2, 0.25) is 0 Å². The molecule has 5 heteroatoms. The first-order chi connectivity index (χ1) is 7.70. The molecule has 1 aromatic carbocycles. The quantitative estimate of drug-likeness (QED) is 0.808. The summed E-state index contributed by atoms with van der Waals surface area (Å²) in [5.41, 5.74) is 1.62. The first-order valence-electron chi connectivity index (χ1n) is 4.81. The highest BCUT2D eigenvalue weighted by Gasteiger charge is 2.30. The number of benzene rings is 1. The molecule has 0 radical (unpaired) electrons. The minimum Gasteiger partial charge on any atom is -0.480 e. The predicted octanol–water partition coefficient (Wildman–Crippen LogP) is 1.35. The van der Waals surface area contributed by atoms with Gasteiger partial charge in [0.1, 0.15) is 6.04 Å². The lowest BCUT2D eigenvalue weighted by molar-refractivity contribution is -0.138. The molecule has 2 N–H and O–H groups in total. The maximum atomic E-state index is 10.8. The molecule has 0 saturated carbocycles. The van der Waals surface area contributed by atoms with Gasteiger partial charge in [0, 0.05) is 5.75 Å². The van der Waals surface area contributed by atoms with E-state index < -0.39 is 12.0 Å². The molecule has 4 nitrogen and oxygen atoms in total. The Hall–Kier alpha value is -1.51. The number of hydrogen-bond donors (Lipinski definition) is 2. The minimum absolute atomic E-state index is 0.00819. The van der Waals surface area contributed by atoms with Gasteiger partial charge in [-0.25, -0.2) is 0 Å². The second-order valence-electron chi connectivity index (χ2n) is 3.50. The fourth-order valence-electron chi connectivity index (χ4n) is 1.54. The Balaban J connectivity index is 2.09. The molecule has 0 bridgehead atoms. The summed E-state index contributed by atoms with van der Waals surface area (Å²) in [5.74, 6) is -0.247. The van der Waals surface area contributed by atoms with Crippen LogP contribution in [0.25, 0.3) is 0 Å². The summed E-state index contributed by atoms with van der Waals surface area (Å²) in [4.78, 5) is 10.8. The van der Waals surface area contributed by atoms with Crippen molar-refractivity contribution in [3.05, 3.63) is 35.4 Å². The normalized spacial score (nSPS) is 23.9. The van der Waals surface area contributed by atoms with Crippen LogP contribution in [0.2, 0.25) is 0 Å². The van der Waals surface area contributed by atoms with Crippen molar-refractivity contribution in [2.45, 2.75) is 11.4 Å². The topological polar surface area (TPSA) is 73.1 Å². The zero-order chi connectivity index (χ0) is 11.5. The number of aliphatic carboxylic acids is 1. The van der Waals surface area contributed by atoms with Crippen molar-refractivity contribution >= 4 is 17.7 Å². The maximum absolute atomic E-state index is 10.8. The third-order valence-corrected chi connectivity index (χ3v) is 3.69. The lowest BCUT2D eigenvalue weighted by Crippen LogP contribution is -2.33. The van der Waals surface area contributed by atoms with Crippen molar-refractivity contribution in [3.63, 3.8) is 0 Å². The van der Waals surface area contributed by atoms with Gasteiger partial charge in [-0.05, 0) is 17.7 Å². The molecule has 1 aliphatic heterocycles. The van der Waals surface area contributed by atoms with E-state index in [9.17, 15) is 4.79 Å². The van der Waals surface area contributed by atoms with Crippen molar-refractivity contribution < 1.29 is 9.90 Å².